The molecular weight excluding hydrogens is 376 g/mol. The molecule has 1 aliphatic heterocycles. The van der Waals surface area contributed by atoms with Crippen molar-refractivity contribution in [1.82, 2.24) is 0 Å². The number of halogens is 1. The van der Waals surface area contributed by atoms with Gasteiger partial charge in [0.15, 0.2) is 23.9 Å². The molecule has 9 heteroatoms. The lowest BCUT2D eigenvalue weighted by Crippen LogP contribution is -2.22. The summed E-state index contributed by atoms with van der Waals surface area (Å²) >= 11 is 5.78. The zero-order chi connectivity index (χ0) is 19.6. The van der Waals surface area contributed by atoms with Crippen LogP contribution < -0.4 is 20.5 Å². The van der Waals surface area contributed by atoms with Gasteiger partial charge in [-0.05, 0) is 31.2 Å². The maximum atomic E-state index is 12.1. The number of nitrogens with two attached hydrogens (primary N) is 1. The first-order chi connectivity index (χ1) is 12.8. The first-order valence-electron chi connectivity index (χ1n) is 7.81. The maximum absolute atomic E-state index is 12.1. The van der Waals surface area contributed by atoms with E-state index in [1.807, 2.05) is 0 Å². The van der Waals surface area contributed by atoms with Gasteiger partial charge in [0.25, 0.3) is 5.91 Å². The number of ether oxygens (including phenoxy) is 3. The number of carbonyl (C=O) groups is 3. The second-order valence-corrected chi connectivity index (χ2v) is 6.10. The van der Waals surface area contributed by atoms with Crippen molar-refractivity contribution in [3.8, 4) is 11.5 Å². The molecule has 8 nitrogen and oxygen atoms in total. The number of nitrogen functional groups attached to an aromatic ring is 1. The van der Waals surface area contributed by atoms with Gasteiger partial charge in [0, 0.05) is 22.3 Å². The van der Waals surface area contributed by atoms with Gasteiger partial charge >= 0.3 is 5.97 Å². The van der Waals surface area contributed by atoms with Crippen LogP contribution in [-0.2, 0) is 9.53 Å². The van der Waals surface area contributed by atoms with Crippen LogP contribution >= 0.6 is 11.6 Å². The van der Waals surface area contributed by atoms with Crippen LogP contribution in [0.4, 0.5) is 11.4 Å². The standard InChI is InChI=1S/C18H15ClN2O6/c1-9(22)12-5-15-16(27-8-26-15)6-14(12)21-17(23)7-25-18(24)11-3-2-10(19)4-13(11)20/h2-6H,7-8,20H2,1H3,(H,21,23). The highest BCUT2D eigenvalue weighted by Gasteiger charge is 2.21. The van der Waals surface area contributed by atoms with Crippen molar-refractivity contribution in [3.63, 3.8) is 0 Å². The molecule has 0 spiro atoms. The summed E-state index contributed by atoms with van der Waals surface area (Å²) in [4.78, 5) is 36.0. The Hall–Kier alpha value is -3.26. The molecule has 0 aromatic heterocycles. The minimum atomic E-state index is -0.767. The molecular formula is C18H15ClN2O6. The lowest BCUT2D eigenvalue weighted by molar-refractivity contribution is -0.119. The first kappa shape index (κ1) is 18.5. The second-order valence-electron chi connectivity index (χ2n) is 5.66. The number of amides is 1. The van der Waals surface area contributed by atoms with Gasteiger partial charge in [-0.2, -0.15) is 0 Å². The molecule has 27 heavy (non-hydrogen) atoms. The zero-order valence-corrected chi connectivity index (χ0v) is 15.0. The molecule has 0 atom stereocenters. The maximum Gasteiger partial charge on any atom is 0.340 e. The predicted molar refractivity (Wildman–Crippen MR) is 97.3 cm³/mol. The van der Waals surface area contributed by atoms with E-state index in [-0.39, 0.29) is 35.1 Å². The number of anilines is 2. The van der Waals surface area contributed by atoms with Crippen LogP contribution in [-0.4, -0.2) is 31.1 Å². The molecule has 1 amide bonds. The number of benzene rings is 2. The van der Waals surface area contributed by atoms with Crippen molar-refractivity contribution in [3.05, 3.63) is 46.5 Å². The number of fused-ring (bicyclic) bond motifs is 1. The summed E-state index contributed by atoms with van der Waals surface area (Å²) in [6, 6.07) is 7.27. The van der Waals surface area contributed by atoms with Crippen LogP contribution in [0.1, 0.15) is 27.6 Å². The molecule has 0 fully saturated rings. The number of rotatable bonds is 5. The van der Waals surface area contributed by atoms with Crippen molar-refractivity contribution in [2.75, 3.05) is 24.5 Å². The molecule has 2 aromatic carbocycles. The average Bonchev–Trinajstić information content (AvgIpc) is 3.06. The van der Waals surface area contributed by atoms with E-state index in [1.165, 1.54) is 37.3 Å². The third-order valence-electron chi connectivity index (χ3n) is 3.73. The van der Waals surface area contributed by atoms with E-state index >= 15 is 0 Å². The van der Waals surface area contributed by atoms with Crippen LogP contribution in [0.15, 0.2) is 30.3 Å². The third kappa shape index (κ3) is 4.12. The van der Waals surface area contributed by atoms with E-state index < -0.39 is 18.5 Å². The largest absolute Gasteiger partial charge is 0.454 e. The molecule has 3 N–H and O–H groups in total. The van der Waals surface area contributed by atoms with Gasteiger partial charge in [0.05, 0.1) is 11.3 Å². The van der Waals surface area contributed by atoms with Gasteiger partial charge in [-0.25, -0.2) is 4.79 Å². The monoisotopic (exact) mass is 390 g/mol. The van der Waals surface area contributed by atoms with Gasteiger partial charge in [0.2, 0.25) is 6.79 Å². The minimum Gasteiger partial charge on any atom is -0.454 e. The third-order valence-corrected chi connectivity index (χ3v) is 3.97. The molecule has 0 aliphatic carbocycles. The van der Waals surface area contributed by atoms with Crippen molar-refractivity contribution >= 4 is 40.6 Å². The highest BCUT2D eigenvalue weighted by atomic mass is 35.5. The number of Topliss-reactive ketones (excluding diaryl/α,β-unsaturated/α-hetero) is 1. The van der Waals surface area contributed by atoms with E-state index in [0.717, 1.165) is 0 Å². The quantitative estimate of drug-likeness (QED) is 0.457. The zero-order valence-electron chi connectivity index (χ0n) is 14.2. The van der Waals surface area contributed by atoms with Crippen LogP contribution in [0.2, 0.25) is 5.02 Å². The lowest BCUT2D eigenvalue weighted by Gasteiger charge is -2.11. The van der Waals surface area contributed by atoms with E-state index in [0.29, 0.717) is 16.5 Å². The summed E-state index contributed by atoms with van der Waals surface area (Å²) in [6.07, 6.45) is 0. The SMILES string of the molecule is CC(=O)c1cc2c(cc1NC(=O)COC(=O)c1ccc(Cl)cc1N)OCO2. The topological polar surface area (TPSA) is 117 Å². The number of esters is 1. The normalized spacial score (nSPS) is 11.8. The molecule has 140 valence electrons. The molecule has 0 unspecified atom stereocenters. The Morgan fingerprint density at radius 2 is 1.85 bits per heavy atom. The summed E-state index contributed by atoms with van der Waals surface area (Å²) in [5, 5.41) is 2.90. The number of nitrogens with one attached hydrogen (secondary N) is 1. The lowest BCUT2D eigenvalue weighted by atomic mass is 10.1. The molecule has 1 aliphatic rings. The minimum absolute atomic E-state index is 0.0319. The number of ketones is 1. The molecule has 0 saturated heterocycles. The molecule has 1 heterocycles. The number of hydrogen-bond acceptors (Lipinski definition) is 7. The van der Waals surface area contributed by atoms with Gasteiger partial charge in [0.1, 0.15) is 0 Å². The number of carbonyl (C=O) groups excluding carboxylic acids is 3. The smallest absolute Gasteiger partial charge is 0.340 e. The first-order valence-corrected chi connectivity index (χ1v) is 8.19. The fourth-order valence-electron chi connectivity index (χ4n) is 2.45. The molecule has 0 saturated carbocycles. The van der Waals surface area contributed by atoms with E-state index in [2.05, 4.69) is 5.32 Å². The summed E-state index contributed by atoms with van der Waals surface area (Å²) in [7, 11) is 0. The molecule has 2 aromatic rings. The summed E-state index contributed by atoms with van der Waals surface area (Å²) in [6.45, 7) is 0.827. The summed E-state index contributed by atoms with van der Waals surface area (Å²) < 4.78 is 15.4. The van der Waals surface area contributed by atoms with Crippen molar-refractivity contribution < 1.29 is 28.6 Å². The van der Waals surface area contributed by atoms with Crippen LogP contribution in [0.25, 0.3) is 0 Å². The van der Waals surface area contributed by atoms with Crippen LogP contribution in [0, 0.1) is 0 Å². The van der Waals surface area contributed by atoms with Gasteiger partial charge in [-0.3, -0.25) is 9.59 Å². The Morgan fingerprint density at radius 3 is 2.52 bits per heavy atom. The second kappa shape index (κ2) is 7.55. The fourth-order valence-corrected chi connectivity index (χ4v) is 2.63. The highest BCUT2D eigenvalue weighted by molar-refractivity contribution is 6.31. The predicted octanol–water partition coefficient (Wildman–Crippen LogP) is 2.65. The number of hydrogen-bond donors (Lipinski definition) is 2. The van der Waals surface area contributed by atoms with E-state index in [1.54, 1.807) is 0 Å². The molecule has 3 rings (SSSR count). The fraction of sp³-hybridized carbons (Fsp3) is 0.167. The van der Waals surface area contributed by atoms with Crippen molar-refractivity contribution in [1.29, 1.82) is 0 Å². The van der Waals surface area contributed by atoms with Crippen molar-refractivity contribution in [2.24, 2.45) is 0 Å². The molecule has 0 radical (unpaired) electrons. The summed E-state index contributed by atoms with van der Waals surface area (Å²) in [5.74, 6) is -0.840. The molecule has 0 bridgehead atoms. The average molecular weight is 391 g/mol. The Bertz CT molecular complexity index is 944. The van der Waals surface area contributed by atoms with E-state index in [9.17, 15) is 14.4 Å². The van der Waals surface area contributed by atoms with E-state index in [4.69, 9.17) is 31.5 Å². The summed E-state index contributed by atoms with van der Waals surface area (Å²) in [5.41, 5.74) is 6.43. The van der Waals surface area contributed by atoms with Crippen molar-refractivity contribution in [2.45, 2.75) is 6.92 Å². The van der Waals surface area contributed by atoms with Crippen LogP contribution in [0.5, 0.6) is 11.5 Å². The Kier molecular flexibility index (Phi) is 5.18. The van der Waals surface area contributed by atoms with Gasteiger partial charge in [-0.15, -0.1) is 0 Å². The Labute approximate surface area is 159 Å². The highest BCUT2D eigenvalue weighted by Crippen LogP contribution is 2.37. The Morgan fingerprint density at radius 1 is 1.15 bits per heavy atom. The van der Waals surface area contributed by atoms with Gasteiger partial charge in [-0.1, -0.05) is 11.6 Å². The Balaban J connectivity index is 1.67. The van der Waals surface area contributed by atoms with Gasteiger partial charge < -0.3 is 25.3 Å². The van der Waals surface area contributed by atoms with Crippen LogP contribution in [0.3, 0.4) is 0 Å².